The molecule has 94 valence electrons. The van der Waals surface area contributed by atoms with Crippen LogP contribution in [0.2, 0.25) is 0 Å². The third kappa shape index (κ3) is 1.41. The summed E-state index contributed by atoms with van der Waals surface area (Å²) in [6, 6.07) is 9.84. The van der Waals surface area contributed by atoms with E-state index in [1.54, 1.807) is 0 Å². The van der Waals surface area contributed by atoms with Crippen LogP contribution in [0.25, 0.3) is 0 Å². The maximum atomic E-state index is 12.5. The number of carbonyl (C=O) groups is 2. The molecule has 2 unspecified atom stereocenters. The molecule has 2 heteroatoms. The van der Waals surface area contributed by atoms with Crippen molar-refractivity contribution < 1.29 is 9.59 Å². The molecule has 0 spiro atoms. The first kappa shape index (κ1) is 11.6. The molecule has 1 aromatic rings. The number of carbonyl (C=O) groups excluding carboxylic acids is 2. The van der Waals surface area contributed by atoms with E-state index in [1.165, 1.54) is 0 Å². The second-order valence-electron chi connectivity index (χ2n) is 6.44. The number of hydrogen-bond donors (Lipinski definition) is 0. The van der Waals surface area contributed by atoms with Crippen molar-refractivity contribution in [2.24, 2.45) is 11.3 Å². The molecule has 4 rings (SSSR count). The van der Waals surface area contributed by atoms with Crippen molar-refractivity contribution >= 4 is 11.6 Å². The van der Waals surface area contributed by atoms with E-state index in [0.29, 0.717) is 12.8 Å². The molecular formula is C16H18O2. The van der Waals surface area contributed by atoms with Crippen LogP contribution in [-0.2, 0) is 15.0 Å². The summed E-state index contributed by atoms with van der Waals surface area (Å²) >= 11 is 0. The molecular weight excluding hydrogens is 224 g/mol. The monoisotopic (exact) mass is 242 g/mol. The Balaban J connectivity index is 2.14. The number of rotatable bonds is 1. The number of ketones is 2. The number of Topliss-reactive ketones (excluding diaryl/α,β-unsaturated/α-hetero) is 2. The van der Waals surface area contributed by atoms with E-state index >= 15 is 0 Å². The van der Waals surface area contributed by atoms with Gasteiger partial charge in [0.1, 0.15) is 11.6 Å². The highest BCUT2D eigenvalue weighted by Gasteiger charge is 2.59. The van der Waals surface area contributed by atoms with Crippen molar-refractivity contribution in [2.75, 3.05) is 0 Å². The number of benzene rings is 1. The summed E-state index contributed by atoms with van der Waals surface area (Å²) in [6.45, 7) is 4.25. The Morgan fingerprint density at radius 2 is 1.78 bits per heavy atom. The quantitative estimate of drug-likeness (QED) is 0.758. The highest BCUT2D eigenvalue weighted by atomic mass is 16.1. The third-order valence-electron chi connectivity index (χ3n) is 4.82. The van der Waals surface area contributed by atoms with Crippen LogP contribution in [0.4, 0.5) is 0 Å². The van der Waals surface area contributed by atoms with Crippen LogP contribution in [-0.4, -0.2) is 11.6 Å². The maximum Gasteiger partial charge on any atom is 0.144 e. The maximum absolute atomic E-state index is 12.5. The van der Waals surface area contributed by atoms with Gasteiger partial charge in [-0.2, -0.15) is 0 Å². The summed E-state index contributed by atoms with van der Waals surface area (Å²) in [7, 11) is 0. The Morgan fingerprint density at radius 1 is 1.11 bits per heavy atom. The molecule has 0 radical (unpaired) electrons. The fraction of sp³-hybridized carbons (Fsp3) is 0.500. The second-order valence-corrected chi connectivity index (χ2v) is 6.44. The molecule has 18 heavy (non-hydrogen) atoms. The zero-order valence-electron chi connectivity index (χ0n) is 10.9. The molecule has 0 heterocycles. The summed E-state index contributed by atoms with van der Waals surface area (Å²) in [5, 5.41) is 0. The van der Waals surface area contributed by atoms with Crippen LogP contribution in [0.5, 0.6) is 0 Å². The summed E-state index contributed by atoms with van der Waals surface area (Å²) in [5.41, 5.74) is 0.421. The molecule has 3 saturated carbocycles. The summed E-state index contributed by atoms with van der Waals surface area (Å²) in [4.78, 5) is 24.7. The van der Waals surface area contributed by atoms with Crippen molar-refractivity contribution in [3.05, 3.63) is 35.9 Å². The highest BCUT2D eigenvalue weighted by Crippen LogP contribution is 2.56. The number of fused-ring (bicyclic) bond motifs is 3. The van der Waals surface area contributed by atoms with E-state index < -0.39 is 5.41 Å². The van der Waals surface area contributed by atoms with E-state index in [0.717, 1.165) is 12.0 Å². The van der Waals surface area contributed by atoms with Crippen molar-refractivity contribution in [1.82, 2.24) is 0 Å². The van der Waals surface area contributed by atoms with E-state index in [4.69, 9.17) is 0 Å². The molecule has 3 fully saturated rings. The van der Waals surface area contributed by atoms with Gasteiger partial charge in [0, 0.05) is 18.8 Å². The van der Waals surface area contributed by atoms with Gasteiger partial charge in [0.25, 0.3) is 0 Å². The lowest BCUT2D eigenvalue weighted by Gasteiger charge is -2.53. The van der Waals surface area contributed by atoms with Gasteiger partial charge in [-0.3, -0.25) is 9.59 Å². The third-order valence-corrected chi connectivity index (χ3v) is 4.82. The minimum Gasteiger partial charge on any atom is -0.299 e. The van der Waals surface area contributed by atoms with Crippen molar-refractivity contribution in [1.29, 1.82) is 0 Å². The van der Waals surface area contributed by atoms with Gasteiger partial charge in [-0.15, -0.1) is 0 Å². The molecule has 1 aromatic carbocycles. The predicted molar refractivity (Wildman–Crippen MR) is 69.3 cm³/mol. The zero-order chi connectivity index (χ0) is 13.0. The largest absolute Gasteiger partial charge is 0.299 e. The van der Waals surface area contributed by atoms with E-state index in [1.807, 2.05) is 30.3 Å². The van der Waals surface area contributed by atoms with Gasteiger partial charge in [-0.1, -0.05) is 44.2 Å². The molecule has 0 amide bonds. The lowest BCUT2D eigenvalue weighted by atomic mass is 9.48. The van der Waals surface area contributed by atoms with Gasteiger partial charge in [0.05, 0.1) is 5.41 Å². The summed E-state index contributed by atoms with van der Waals surface area (Å²) < 4.78 is 0. The second kappa shape index (κ2) is 3.53. The Labute approximate surface area is 107 Å². The van der Waals surface area contributed by atoms with E-state index in [2.05, 4.69) is 13.8 Å². The molecule has 0 aromatic heterocycles. The van der Waals surface area contributed by atoms with Gasteiger partial charge in [-0.25, -0.2) is 0 Å². The van der Waals surface area contributed by atoms with Crippen molar-refractivity contribution in [3.8, 4) is 0 Å². The molecule has 0 saturated heterocycles. The van der Waals surface area contributed by atoms with Crippen LogP contribution < -0.4 is 0 Å². The molecule has 2 nitrogen and oxygen atoms in total. The van der Waals surface area contributed by atoms with Crippen LogP contribution in [0.1, 0.15) is 38.7 Å². The molecule has 2 bridgehead atoms. The average Bonchev–Trinajstić information content (AvgIpc) is 2.32. The van der Waals surface area contributed by atoms with Crippen LogP contribution in [0.15, 0.2) is 30.3 Å². The molecule has 2 atom stereocenters. The Morgan fingerprint density at radius 3 is 2.39 bits per heavy atom. The Bertz CT molecular complexity index is 515. The van der Waals surface area contributed by atoms with Crippen molar-refractivity contribution in [2.45, 2.75) is 38.5 Å². The smallest absolute Gasteiger partial charge is 0.144 e. The fourth-order valence-corrected chi connectivity index (χ4v) is 3.91. The molecule has 0 aliphatic heterocycles. The van der Waals surface area contributed by atoms with E-state index in [-0.39, 0.29) is 22.9 Å². The summed E-state index contributed by atoms with van der Waals surface area (Å²) in [5.74, 6) is 0.475. The Kier molecular flexibility index (Phi) is 2.28. The predicted octanol–water partition coefficient (Wildman–Crippen LogP) is 2.90. The van der Waals surface area contributed by atoms with Crippen LogP contribution >= 0.6 is 0 Å². The van der Waals surface area contributed by atoms with Gasteiger partial charge in [0.15, 0.2) is 0 Å². The molecule has 3 aliphatic rings. The average molecular weight is 242 g/mol. The van der Waals surface area contributed by atoms with Gasteiger partial charge in [-0.05, 0) is 17.4 Å². The SMILES string of the molecule is CC1(C)CC2(c3ccccc3)CC(=O)C1CC2=O. The van der Waals surface area contributed by atoms with Gasteiger partial charge in [0.2, 0.25) is 0 Å². The topological polar surface area (TPSA) is 34.1 Å². The lowest BCUT2D eigenvalue weighted by Crippen LogP contribution is -2.57. The van der Waals surface area contributed by atoms with E-state index in [9.17, 15) is 9.59 Å². The lowest BCUT2D eigenvalue weighted by molar-refractivity contribution is -0.151. The zero-order valence-corrected chi connectivity index (χ0v) is 10.9. The van der Waals surface area contributed by atoms with Crippen LogP contribution in [0, 0.1) is 11.3 Å². The minimum atomic E-state index is -0.545. The van der Waals surface area contributed by atoms with Gasteiger partial charge < -0.3 is 0 Å². The minimum absolute atomic E-state index is 0.0565. The summed E-state index contributed by atoms with van der Waals surface area (Å²) in [6.07, 6.45) is 1.64. The van der Waals surface area contributed by atoms with Crippen molar-refractivity contribution in [3.63, 3.8) is 0 Å². The first-order valence-corrected chi connectivity index (χ1v) is 6.57. The highest BCUT2D eigenvalue weighted by molar-refractivity contribution is 6.04. The van der Waals surface area contributed by atoms with Gasteiger partial charge >= 0.3 is 0 Å². The first-order chi connectivity index (χ1) is 8.46. The molecule has 0 N–H and O–H groups in total. The van der Waals surface area contributed by atoms with Crippen LogP contribution in [0.3, 0.4) is 0 Å². The number of hydrogen-bond acceptors (Lipinski definition) is 2. The first-order valence-electron chi connectivity index (χ1n) is 6.57. The fourth-order valence-electron chi connectivity index (χ4n) is 3.91. The Hall–Kier alpha value is -1.44. The molecule has 3 aliphatic carbocycles. The normalized spacial score (nSPS) is 33.8. The standard InChI is InChI=1S/C16H18O2/c1-15(2)10-16(11-6-4-3-5-7-11)9-13(17)12(15)8-14(16)18/h3-7,12H,8-10H2,1-2H3.